The van der Waals surface area contributed by atoms with E-state index in [0.717, 1.165) is 34.4 Å². The van der Waals surface area contributed by atoms with Crippen LogP contribution >= 0.6 is 0 Å². The number of hydrogen-bond donors (Lipinski definition) is 0. The van der Waals surface area contributed by atoms with Gasteiger partial charge in [-0.1, -0.05) is 6.07 Å². The molecule has 0 unspecified atom stereocenters. The van der Waals surface area contributed by atoms with E-state index in [1.54, 1.807) is 0 Å². The fraction of sp³-hybridized carbons (Fsp3) is 0.452. The third-order valence-corrected chi connectivity index (χ3v) is 5.74. The molecule has 0 saturated heterocycles. The number of rotatable bonds is 0. The molecule has 4 aliphatic heterocycles. The molecule has 4 aliphatic rings. The lowest BCUT2D eigenvalue weighted by Gasteiger charge is -2.11. The van der Waals surface area contributed by atoms with Crippen LogP contribution < -0.4 is 18.9 Å². The van der Waals surface area contributed by atoms with E-state index in [4.69, 9.17) is 42.6 Å². The third kappa shape index (κ3) is 12.8. The number of aromatic nitrogens is 1. The Hall–Kier alpha value is -3.41. The van der Waals surface area contributed by atoms with Crippen molar-refractivity contribution in [1.82, 2.24) is 4.98 Å². The van der Waals surface area contributed by atoms with E-state index in [-0.39, 0.29) is 0 Å². The van der Waals surface area contributed by atoms with Crippen molar-refractivity contribution in [3.05, 3.63) is 78.1 Å². The molecule has 6 bridgehead atoms. The fourth-order valence-electron chi connectivity index (χ4n) is 3.72. The van der Waals surface area contributed by atoms with Gasteiger partial charge < -0.3 is 42.6 Å². The highest BCUT2D eigenvalue weighted by atomic mass is 16.6. The molecule has 0 N–H and O–H groups in total. The third-order valence-electron chi connectivity index (χ3n) is 5.74. The van der Waals surface area contributed by atoms with Crippen LogP contribution in [0.3, 0.4) is 0 Å². The average molecular weight is 570 g/mol. The summed E-state index contributed by atoms with van der Waals surface area (Å²) in [4.78, 5) is 4.60. The van der Waals surface area contributed by atoms with Crippen LogP contribution in [0.15, 0.2) is 66.7 Å². The molecular weight excluding hydrogens is 530 g/mol. The van der Waals surface area contributed by atoms with Crippen LogP contribution in [0.1, 0.15) is 11.4 Å². The first-order chi connectivity index (χ1) is 20.3. The first kappa shape index (κ1) is 30.5. The van der Waals surface area contributed by atoms with Gasteiger partial charge in [0.1, 0.15) is 49.4 Å². The Morgan fingerprint density at radius 1 is 0.341 bits per heavy atom. The van der Waals surface area contributed by atoms with E-state index in [0.29, 0.717) is 92.5 Å². The quantitative estimate of drug-likeness (QED) is 0.394. The van der Waals surface area contributed by atoms with E-state index < -0.39 is 0 Å². The molecule has 0 spiro atoms. The maximum absolute atomic E-state index is 5.76. The summed E-state index contributed by atoms with van der Waals surface area (Å²) in [6, 6.07) is 20.8. The van der Waals surface area contributed by atoms with Crippen molar-refractivity contribution in [3.8, 4) is 23.0 Å². The van der Waals surface area contributed by atoms with Gasteiger partial charge in [0.05, 0.1) is 77.5 Å². The van der Waals surface area contributed by atoms with Gasteiger partial charge in [-0.05, 0) is 60.7 Å². The highest BCUT2D eigenvalue weighted by molar-refractivity contribution is 5.32. The summed E-state index contributed by atoms with van der Waals surface area (Å²) < 4.78 is 51.0. The van der Waals surface area contributed by atoms with Gasteiger partial charge in [0, 0.05) is 0 Å². The topological polar surface area (TPSA) is 96.0 Å². The summed E-state index contributed by atoms with van der Waals surface area (Å²) in [6.07, 6.45) is 0. The van der Waals surface area contributed by atoms with Crippen LogP contribution in [0.5, 0.6) is 23.0 Å². The molecule has 0 aliphatic carbocycles. The number of nitrogens with zero attached hydrogens (tertiary/aromatic N) is 1. The zero-order chi connectivity index (χ0) is 28.2. The zero-order valence-corrected chi connectivity index (χ0v) is 23.4. The largest absolute Gasteiger partial charge is 0.491 e. The Morgan fingerprint density at radius 3 is 0.976 bits per heavy atom. The number of pyridine rings is 1. The molecule has 0 saturated carbocycles. The summed E-state index contributed by atoms with van der Waals surface area (Å²) in [6.45, 7) is 6.39. The molecular formula is C31H39NO9. The minimum Gasteiger partial charge on any atom is -0.491 e. The number of ether oxygens (including phenoxy) is 9. The van der Waals surface area contributed by atoms with Gasteiger partial charge in [-0.25, -0.2) is 0 Å². The van der Waals surface area contributed by atoms with Gasteiger partial charge >= 0.3 is 0 Å². The molecule has 0 fully saturated rings. The van der Waals surface area contributed by atoms with Gasteiger partial charge in [0.15, 0.2) is 0 Å². The van der Waals surface area contributed by atoms with Crippen LogP contribution in [0.2, 0.25) is 0 Å². The Balaban J connectivity index is 1.21. The van der Waals surface area contributed by atoms with E-state index in [1.165, 1.54) is 0 Å². The second kappa shape index (κ2) is 18.8. The van der Waals surface area contributed by atoms with Crippen molar-refractivity contribution < 1.29 is 42.6 Å². The van der Waals surface area contributed by atoms with E-state index in [9.17, 15) is 0 Å². The normalized spacial score (nSPS) is 17.7. The van der Waals surface area contributed by atoms with Crippen molar-refractivity contribution in [1.29, 1.82) is 0 Å². The summed E-state index contributed by atoms with van der Waals surface area (Å²) in [5, 5.41) is 0. The van der Waals surface area contributed by atoms with Crippen LogP contribution in [0, 0.1) is 0 Å². The van der Waals surface area contributed by atoms with Gasteiger partial charge in [-0.2, -0.15) is 0 Å². The second-order valence-corrected chi connectivity index (χ2v) is 8.90. The molecule has 222 valence electrons. The molecule has 0 atom stereocenters. The average Bonchev–Trinajstić information content (AvgIpc) is 3.00. The smallest absolute Gasteiger partial charge is 0.119 e. The molecule has 1 aromatic heterocycles. The number of hydrogen-bond acceptors (Lipinski definition) is 10. The van der Waals surface area contributed by atoms with E-state index in [2.05, 4.69) is 4.98 Å². The van der Waals surface area contributed by atoms with Gasteiger partial charge in [-0.3, -0.25) is 4.98 Å². The molecule has 10 nitrogen and oxygen atoms in total. The molecule has 5 heterocycles. The predicted octanol–water partition coefficient (Wildman–Crippen LogP) is 4.09. The van der Waals surface area contributed by atoms with E-state index >= 15 is 0 Å². The second-order valence-electron chi connectivity index (χ2n) is 8.90. The summed E-state index contributed by atoms with van der Waals surface area (Å²) in [5.41, 5.74) is 1.68. The lowest BCUT2D eigenvalue weighted by atomic mass is 10.3. The lowest BCUT2D eigenvalue weighted by Crippen LogP contribution is -2.14. The van der Waals surface area contributed by atoms with Crippen LogP contribution in [0.25, 0.3) is 0 Å². The Kier molecular flexibility index (Phi) is 14.0. The minimum atomic E-state index is 0.397. The van der Waals surface area contributed by atoms with Gasteiger partial charge in [0.2, 0.25) is 0 Å². The van der Waals surface area contributed by atoms with Crippen molar-refractivity contribution in [2.24, 2.45) is 0 Å². The van der Waals surface area contributed by atoms with E-state index in [1.807, 2.05) is 66.7 Å². The lowest BCUT2D eigenvalue weighted by molar-refractivity contribution is 0.00498. The monoisotopic (exact) mass is 569 g/mol. The molecule has 7 rings (SSSR count). The maximum Gasteiger partial charge on any atom is 0.119 e. The van der Waals surface area contributed by atoms with Crippen molar-refractivity contribution in [2.75, 3.05) is 79.3 Å². The molecule has 10 heteroatoms. The fourth-order valence-corrected chi connectivity index (χ4v) is 3.72. The standard InChI is InChI=1S/C31H39NO9/c1-2-26-24-36-18-22-40-30-8-4-28(5-9-30)38-20-16-34-14-12-33-13-15-35-17-21-39-29-6-10-31(11-7-29)41-23-19-37-25-27(3-1)32-26/h1-11H,12-25H2. The highest BCUT2D eigenvalue weighted by Crippen LogP contribution is 2.18. The maximum atomic E-state index is 5.76. The van der Waals surface area contributed by atoms with Gasteiger partial charge in [-0.15, -0.1) is 0 Å². The van der Waals surface area contributed by atoms with Crippen molar-refractivity contribution in [3.63, 3.8) is 0 Å². The molecule has 0 amide bonds. The zero-order valence-electron chi connectivity index (χ0n) is 23.4. The predicted molar refractivity (Wildman–Crippen MR) is 151 cm³/mol. The number of benzene rings is 2. The minimum absolute atomic E-state index is 0.397. The summed E-state index contributed by atoms with van der Waals surface area (Å²) in [7, 11) is 0. The molecule has 41 heavy (non-hydrogen) atoms. The van der Waals surface area contributed by atoms with Crippen molar-refractivity contribution in [2.45, 2.75) is 13.2 Å². The Morgan fingerprint density at radius 2 is 0.634 bits per heavy atom. The first-order valence-electron chi connectivity index (χ1n) is 13.9. The SMILES string of the molecule is c1cc2nc(c1)COCCOc1ccc(cc1)OCCOCCOCCOCCOc1ccc(cc1)OCCOC2. The van der Waals surface area contributed by atoms with Crippen LogP contribution in [-0.2, 0) is 36.9 Å². The summed E-state index contributed by atoms with van der Waals surface area (Å²) in [5.74, 6) is 3.01. The Labute approximate surface area is 241 Å². The summed E-state index contributed by atoms with van der Waals surface area (Å²) >= 11 is 0. The highest BCUT2D eigenvalue weighted by Gasteiger charge is 2.03. The molecule has 2 aromatic carbocycles. The first-order valence-corrected chi connectivity index (χ1v) is 13.9. The van der Waals surface area contributed by atoms with Crippen LogP contribution in [-0.4, -0.2) is 84.3 Å². The Bertz CT molecular complexity index is 1010. The van der Waals surface area contributed by atoms with Crippen molar-refractivity contribution >= 4 is 0 Å². The molecule has 0 radical (unpaired) electrons. The van der Waals surface area contributed by atoms with Gasteiger partial charge in [0.25, 0.3) is 0 Å². The van der Waals surface area contributed by atoms with Crippen LogP contribution in [0.4, 0.5) is 0 Å². The molecule has 3 aromatic rings.